The molecule has 4 nitrogen and oxygen atoms in total. The van der Waals surface area contributed by atoms with Gasteiger partial charge in [0.15, 0.2) is 0 Å². The normalized spacial score (nSPS) is 15.3. The zero-order valence-electron chi connectivity index (χ0n) is 9.77. The van der Waals surface area contributed by atoms with Crippen molar-refractivity contribution in [3.05, 3.63) is 35.4 Å². The number of carboxylic acids is 1. The molecule has 18 heavy (non-hydrogen) atoms. The Kier molecular flexibility index (Phi) is 3.07. The molecule has 0 aliphatic heterocycles. The lowest BCUT2D eigenvalue weighted by Gasteiger charge is -2.09. The standard InChI is InChI=1S/C14H13NO3/c15-12(16)3-1-2-10-4-6-11(7-5-10)14(8-9-14)13(17)18/h4-7H,3,8-9H2,(H2,15,16)(H,17,18). The van der Waals surface area contributed by atoms with Crippen molar-refractivity contribution in [2.45, 2.75) is 24.7 Å². The number of hydrogen-bond donors (Lipinski definition) is 2. The molecule has 1 aromatic carbocycles. The SMILES string of the molecule is NC(=O)CC#Cc1ccc(C2(C(=O)O)CC2)cc1. The van der Waals surface area contributed by atoms with Crippen LogP contribution >= 0.6 is 0 Å². The van der Waals surface area contributed by atoms with Crippen LogP contribution in [0.25, 0.3) is 0 Å². The topological polar surface area (TPSA) is 80.4 Å². The maximum Gasteiger partial charge on any atom is 0.314 e. The number of nitrogens with two attached hydrogens (primary N) is 1. The Balaban J connectivity index is 2.13. The van der Waals surface area contributed by atoms with E-state index in [1.807, 2.05) is 0 Å². The summed E-state index contributed by atoms with van der Waals surface area (Å²) in [6, 6.07) is 7.11. The molecule has 0 radical (unpaired) electrons. The van der Waals surface area contributed by atoms with Gasteiger partial charge in [0.2, 0.25) is 5.91 Å². The van der Waals surface area contributed by atoms with Crippen molar-refractivity contribution in [3.8, 4) is 11.8 Å². The lowest BCUT2D eigenvalue weighted by atomic mass is 9.95. The van der Waals surface area contributed by atoms with Gasteiger partial charge in [0.05, 0.1) is 11.8 Å². The molecule has 4 heteroatoms. The zero-order chi connectivity index (χ0) is 13.2. The molecule has 0 saturated heterocycles. The van der Waals surface area contributed by atoms with Crippen molar-refractivity contribution in [3.63, 3.8) is 0 Å². The van der Waals surface area contributed by atoms with Crippen LogP contribution in [0.15, 0.2) is 24.3 Å². The summed E-state index contributed by atoms with van der Waals surface area (Å²) in [5.41, 5.74) is 5.86. The number of hydrogen-bond acceptors (Lipinski definition) is 2. The number of carbonyl (C=O) groups is 2. The minimum atomic E-state index is -0.768. The van der Waals surface area contributed by atoms with Gasteiger partial charge in [-0.2, -0.15) is 0 Å². The van der Waals surface area contributed by atoms with E-state index in [9.17, 15) is 9.59 Å². The van der Waals surface area contributed by atoms with Gasteiger partial charge in [-0.25, -0.2) is 0 Å². The van der Waals surface area contributed by atoms with Gasteiger partial charge in [-0.3, -0.25) is 9.59 Å². The first-order chi connectivity index (χ1) is 8.54. The van der Waals surface area contributed by atoms with Gasteiger partial charge in [-0.05, 0) is 30.5 Å². The van der Waals surface area contributed by atoms with Crippen molar-refractivity contribution in [2.75, 3.05) is 0 Å². The fraction of sp³-hybridized carbons (Fsp3) is 0.286. The number of carboxylic acid groups (broad SMARTS) is 1. The zero-order valence-corrected chi connectivity index (χ0v) is 9.77. The molecule has 0 bridgehead atoms. The quantitative estimate of drug-likeness (QED) is 0.778. The third-order valence-corrected chi connectivity index (χ3v) is 3.09. The first-order valence-corrected chi connectivity index (χ1v) is 5.66. The molecule has 0 aromatic heterocycles. The molecule has 92 valence electrons. The highest BCUT2D eigenvalue weighted by Crippen LogP contribution is 2.48. The number of aliphatic carboxylic acids is 1. The Bertz CT molecular complexity index is 545. The summed E-state index contributed by atoms with van der Waals surface area (Å²) in [5, 5.41) is 9.15. The molecule has 1 aromatic rings. The molecule has 1 aliphatic rings. The van der Waals surface area contributed by atoms with E-state index in [4.69, 9.17) is 10.8 Å². The Labute approximate surface area is 105 Å². The van der Waals surface area contributed by atoms with Gasteiger partial charge in [-0.1, -0.05) is 24.0 Å². The predicted molar refractivity (Wildman–Crippen MR) is 65.7 cm³/mol. The number of carbonyl (C=O) groups excluding carboxylic acids is 1. The second-order valence-corrected chi connectivity index (χ2v) is 4.41. The maximum absolute atomic E-state index is 11.1. The first kappa shape index (κ1) is 12.2. The highest BCUT2D eigenvalue weighted by Gasteiger charge is 2.51. The lowest BCUT2D eigenvalue weighted by Crippen LogP contribution is -2.19. The Hall–Kier alpha value is -2.28. The number of benzene rings is 1. The summed E-state index contributed by atoms with van der Waals surface area (Å²) in [5.74, 6) is 4.24. The second-order valence-electron chi connectivity index (χ2n) is 4.41. The summed E-state index contributed by atoms with van der Waals surface area (Å²) >= 11 is 0. The van der Waals surface area contributed by atoms with Gasteiger partial charge >= 0.3 is 5.97 Å². The molecular formula is C14H13NO3. The van der Waals surface area contributed by atoms with E-state index in [1.54, 1.807) is 24.3 Å². The van der Waals surface area contributed by atoms with E-state index in [0.717, 1.165) is 11.1 Å². The van der Waals surface area contributed by atoms with Crippen molar-refractivity contribution >= 4 is 11.9 Å². The van der Waals surface area contributed by atoms with Gasteiger partial charge in [0.1, 0.15) is 0 Å². The highest BCUT2D eigenvalue weighted by molar-refractivity contribution is 5.84. The van der Waals surface area contributed by atoms with Crippen LogP contribution in [0.3, 0.4) is 0 Å². The predicted octanol–water partition coefficient (Wildman–Crippen LogP) is 1.03. The molecule has 0 atom stereocenters. The molecule has 1 saturated carbocycles. The van der Waals surface area contributed by atoms with Crippen molar-refractivity contribution in [2.24, 2.45) is 5.73 Å². The Morgan fingerprint density at radius 1 is 1.28 bits per heavy atom. The molecule has 2 rings (SSSR count). The second kappa shape index (κ2) is 4.53. The average Bonchev–Trinajstić information content (AvgIpc) is 3.10. The van der Waals surface area contributed by atoms with Crippen LogP contribution in [-0.4, -0.2) is 17.0 Å². The molecule has 1 aliphatic carbocycles. The fourth-order valence-corrected chi connectivity index (χ4v) is 1.86. The van der Waals surface area contributed by atoms with Crippen molar-refractivity contribution < 1.29 is 14.7 Å². The van der Waals surface area contributed by atoms with Crippen LogP contribution < -0.4 is 5.73 Å². The number of rotatable bonds is 3. The van der Waals surface area contributed by atoms with Crippen LogP contribution in [0.2, 0.25) is 0 Å². The minimum Gasteiger partial charge on any atom is -0.481 e. The van der Waals surface area contributed by atoms with Gasteiger partial charge in [-0.15, -0.1) is 0 Å². The minimum absolute atomic E-state index is 0.0286. The van der Waals surface area contributed by atoms with E-state index in [1.165, 1.54) is 0 Å². The maximum atomic E-state index is 11.1. The van der Waals surface area contributed by atoms with Gasteiger partial charge in [0.25, 0.3) is 0 Å². The average molecular weight is 243 g/mol. The number of amides is 1. The fourth-order valence-electron chi connectivity index (χ4n) is 1.86. The summed E-state index contributed by atoms with van der Waals surface area (Å²) in [7, 11) is 0. The van der Waals surface area contributed by atoms with E-state index in [0.29, 0.717) is 12.8 Å². The summed E-state index contributed by atoms with van der Waals surface area (Å²) < 4.78 is 0. The molecule has 3 N–H and O–H groups in total. The van der Waals surface area contributed by atoms with E-state index >= 15 is 0 Å². The molecule has 1 amide bonds. The summed E-state index contributed by atoms with van der Waals surface area (Å²) in [6.45, 7) is 0. The van der Waals surface area contributed by atoms with Crippen molar-refractivity contribution in [1.29, 1.82) is 0 Å². The summed E-state index contributed by atoms with van der Waals surface area (Å²) in [6.07, 6.45) is 1.41. The van der Waals surface area contributed by atoms with Crippen molar-refractivity contribution in [1.82, 2.24) is 0 Å². The lowest BCUT2D eigenvalue weighted by molar-refractivity contribution is -0.140. The van der Waals surface area contributed by atoms with E-state index in [-0.39, 0.29) is 6.42 Å². The molecular weight excluding hydrogens is 230 g/mol. The highest BCUT2D eigenvalue weighted by atomic mass is 16.4. The van der Waals surface area contributed by atoms with Gasteiger partial charge < -0.3 is 10.8 Å². The van der Waals surface area contributed by atoms with E-state index < -0.39 is 17.3 Å². The van der Waals surface area contributed by atoms with E-state index in [2.05, 4.69) is 11.8 Å². The molecule has 0 heterocycles. The molecule has 0 unspecified atom stereocenters. The largest absolute Gasteiger partial charge is 0.481 e. The third kappa shape index (κ3) is 2.35. The Morgan fingerprint density at radius 2 is 1.89 bits per heavy atom. The van der Waals surface area contributed by atoms with Crippen LogP contribution in [0.5, 0.6) is 0 Å². The van der Waals surface area contributed by atoms with Gasteiger partial charge in [0, 0.05) is 5.56 Å². The first-order valence-electron chi connectivity index (χ1n) is 5.66. The van der Waals surface area contributed by atoms with Crippen LogP contribution in [0.4, 0.5) is 0 Å². The Morgan fingerprint density at radius 3 is 2.33 bits per heavy atom. The van der Waals surface area contributed by atoms with Crippen LogP contribution in [0.1, 0.15) is 30.4 Å². The third-order valence-electron chi connectivity index (χ3n) is 3.09. The molecule has 0 spiro atoms. The summed E-state index contributed by atoms with van der Waals surface area (Å²) in [4.78, 5) is 21.6. The number of primary amides is 1. The van der Waals surface area contributed by atoms with Crippen LogP contribution in [-0.2, 0) is 15.0 Å². The smallest absolute Gasteiger partial charge is 0.314 e. The van der Waals surface area contributed by atoms with Crippen LogP contribution in [0, 0.1) is 11.8 Å². The monoisotopic (exact) mass is 243 g/mol. The molecule has 1 fully saturated rings.